The zero-order chi connectivity index (χ0) is 10.9. The van der Waals surface area contributed by atoms with Crippen molar-refractivity contribution >= 4 is 5.90 Å². The first-order valence-electron chi connectivity index (χ1n) is 5.22. The SMILES string of the molecule is CC(C)C1OC(C(C)(C)C)=NCC1O. The van der Waals surface area contributed by atoms with E-state index in [9.17, 15) is 5.11 Å². The van der Waals surface area contributed by atoms with Crippen LogP contribution in [-0.4, -0.2) is 29.8 Å². The average Bonchev–Trinajstić information content (AvgIpc) is 2.02. The lowest BCUT2D eigenvalue weighted by atomic mass is 9.93. The van der Waals surface area contributed by atoms with Crippen molar-refractivity contribution < 1.29 is 9.84 Å². The molecule has 0 aliphatic carbocycles. The molecule has 2 atom stereocenters. The normalized spacial score (nSPS) is 28.6. The average molecular weight is 199 g/mol. The molecule has 3 nitrogen and oxygen atoms in total. The summed E-state index contributed by atoms with van der Waals surface area (Å²) < 4.78 is 5.72. The third-order valence-electron chi connectivity index (χ3n) is 2.35. The fourth-order valence-electron chi connectivity index (χ4n) is 1.52. The van der Waals surface area contributed by atoms with Gasteiger partial charge in [-0.3, -0.25) is 4.99 Å². The number of aliphatic imine (C=N–C) groups is 1. The number of rotatable bonds is 1. The minimum absolute atomic E-state index is 0.0622. The Morgan fingerprint density at radius 2 is 2.00 bits per heavy atom. The molecule has 1 aliphatic heterocycles. The van der Waals surface area contributed by atoms with Gasteiger partial charge in [-0.05, 0) is 5.92 Å². The van der Waals surface area contributed by atoms with E-state index >= 15 is 0 Å². The van der Waals surface area contributed by atoms with Crippen molar-refractivity contribution in [2.75, 3.05) is 6.54 Å². The second kappa shape index (κ2) is 3.89. The summed E-state index contributed by atoms with van der Waals surface area (Å²) in [6, 6.07) is 0. The van der Waals surface area contributed by atoms with Crippen LogP contribution in [0.1, 0.15) is 34.6 Å². The smallest absolute Gasteiger partial charge is 0.189 e. The molecule has 0 aromatic rings. The van der Waals surface area contributed by atoms with Crippen molar-refractivity contribution in [3.63, 3.8) is 0 Å². The zero-order valence-corrected chi connectivity index (χ0v) is 9.74. The largest absolute Gasteiger partial charge is 0.474 e. The van der Waals surface area contributed by atoms with Crippen molar-refractivity contribution in [3.8, 4) is 0 Å². The fourth-order valence-corrected chi connectivity index (χ4v) is 1.52. The molecule has 0 spiro atoms. The van der Waals surface area contributed by atoms with Gasteiger partial charge in [0.25, 0.3) is 0 Å². The Bertz CT molecular complexity index is 228. The summed E-state index contributed by atoms with van der Waals surface area (Å²) in [5.74, 6) is 1.08. The van der Waals surface area contributed by atoms with E-state index in [0.29, 0.717) is 12.5 Å². The second-order valence-electron chi connectivity index (χ2n) is 5.29. The lowest BCUT2D eigenvalue weighted by Crippen LogP contribution is -2.44. The highest BCUT2D eigenvalue weighted by Crippen LogP contribution is 2.25. The summed E-state index contributed by atoms with van der Waals surface area (Å²) in [6.07, 6.45) is -0.567. The Kier molecular flexibility index (Phi) is 3.20. The van der Waals surface area contributed by atoms with Gasteiger partial charge in [-0.1, -0.05) is 34.6 Å². The zero-order valence-electron chi connectivity index (χ0n) is 9.74. The number of nitrogens with zero attached hydrogens (tertiary/aromatic N) is 1. The Hall–Kier alpha value is -0.570. The first-order valence-corrected chi connectivity index (χ1v) is 5.22. The van der Waals surface area contributed by atoms with E-state index in [-0.39, 0.29) is 11.5 Å². The fraction of sp³-hybridized carbons (Fsp3) is 0.909. The predicted molar refractivity (Wildman–Crippen MR) is 57.5 cm³/mol. The molecule has 0 aromatic carbocycles. The number of aliphatic hydroxyl groups is 1. The molecule has 1 aliphatic rings. The summed E-state index contributed by atoms with van der Waals surface area (Å²) in [4.78, 5) is 4.26. The summed E-state index contributed by atoms with van der Waals surface area (Å²) in [5, 5.41) is 9.69. The summed E-state index contributed by atoms with van der Waals surface area (Å²) in [7, 11) is 0. The van der Waals surface area contributed by atoms with Gasteiger partial charge in [0.1, 0.15) is 12.2 Å². The van der Waals surface area contributed by atoms with Crippen LogP contribution in [-0.2, 0) is 4.74 Å². The number of ether oxygens (including phenoxy) is 1. The maximum Gasteiger partial charge on any atom is 0.189 e. The van der Waals surface area contributed by atoms with Gasteiger partial charge in [0, 0.05) is 5.41 Å². The van der Waals surface area contributed by atoms with Gasteiger partial charge in [0.05, 0.1) is 6.54 Å². The molecule has 14 heavy (non-hydrogen) atoms. The predicted octanol–water partition coefficient (Wildman–Crippen LogP) is 1.85. The van der Waals surface area contributed by atoms with Crippen molar-refractivity contribution in [2.24, 2.45) is 16.3 Å². The molecule has 0 radical (unpaired) electrons. The van der Waals surface area contributed by atoms with Crippen LogP contribution in [0.15, 0.2) is 4.99 Å². The van der Waals surface area contributed by atoms with Crippen LogP contribution >= 0.6 is 0 Å². The van der Waals surface area contributed by atoms with Gasteiger partial charge in [-0.25, -0.2) is 0 Å². The molecule has 0 saturated heterocycles. The van der Waals surface area contributed by atoms with E-state index in [1.165, 1.54) is 0 Å². The third kappa shape index (κ3) is 2.47. The number of hydrogen-bond acceptors (Lipinski definition) is 3. The van der Waals surface area contributed by atoms with E-state index in [4.69, 9.17) is 4.74 Å². The molecule has 0 saturated carbocycles. The first kappa shape index (κ1) is 11.5. The molecule has 0 aromatic heterocycles. The van der Waals surface area contributed by atoms with Crippen LogP contribution in [0.25, 0.3) is 0 Å². The van der Waals surface area contributed by atoms with Crippen molar-refractivity contribution in [2.45, 2.75) is 46.8 Å². The van der Waals surface area contributed by atoms with Gasteiger partial charge in [0.2, 0.25) is 0 Å². The van der Waals surface area contributed by atoms with Crippen LogP contribution in [0.5, 0.6) is 0 Å². The molecule has 82 valence electrons. The minimum Gasteiger partial charge on any atom is -0.474 e. The Labute approximate surface area is 86.2 Å². The molecule has 1 rings (SSSR count). The standard InChI is InChI=1S/C11H21NO2/c1-7(2)9-8(13)6-12-10(14-9)11(3,4)5/h7-9,13H,6H2,1-5H3. The molecular formula is C11H21NO2. The molecule has 0 bridgehead atoms. The van der Waals surface area contributed by atoms with Gasteiger partial charge >= 0.3 is 0 Å². The summed E-state index contributed by atoms with van der Waals surface area (Å²) in [6.45, 7) is 10.8. The summed E-state index contributed by atoms with van der Waals surface area (Å²) >= 11 is 0. The Morgan fingerprint density at radius 3 is 2.43 bits per heavy atom. The minimum atomic E-state index is -0.457. The van der Waals surface area contributed by atoms with E-state index in [0.717, 1.165) is 5.90 Å². The molecule has 1 N–H and O–H groups in total. The number of hydrogen-bond donors (Lipinski definition) is 1. The van der Waals surface area contributed by atoms with Crippen LogP contribution in [0, 0.1) is 11.3 Å². The van der Waals surface area contributed by atoms with Crippen molar-refractivity contribution in [3.05, 3.63) is 0 Å². The van der Waals surface area contributed by atoms with Gasteiger partial charge < -0.3 is 9.84 Å². The highest BCUT2D eigenvalue weighted by atomic mass is 16.5. The summed E-state index contributed by atoms with van der Waals surface area (Å²) in [5.41, 5.74) is -0.0622. The lowest BCUT2D eigenvalue weighted by Gasteiger charge is -2.35. The van der Waals surface area contributed by atoms with Crippen LogP contribution in [0.2, 0.25) is 0 Å². The van der Waals surface area contributed by atoms with Crippen LogP contribution < -0.4 is 0 Å². The van der Waals surface area contributed by atoms with E-state index in [1.807, 2.05) is 0 Å². The van der Waals surface area contributed by atoms with E-state index < -0.39 is 6.10 Å². The third-order valence-corrected chi connectivity index (χ3v) is 2.35. The van der Waals surface area contributed by atoms with E-state index in [2.05, 4.69) is 39.6 Å². The highest BCUT2D eigenvalue weighted by Gasteiger charge is 2.33. The number of aliphatic hydroxyl groups excluding tert-OH is 1. The molecule has 3 heteroatoms. The van der Waals surface area contributed by atoms with Gasteiger partial charge in [-0.15, -0.1) is 0 Å². The molecule has 2 unspecified atom stereocenters. The molecular weight excluding hydrogens is 178 g/mol. The van der Waals surface area contributed by atoms with Crippen LogP contribution in [0.3, 0.4) is 0 Å². The van der Waals surface area contributed by atoms with Gasteiger partial charge in [0.15, 0.2) is 5.90 Å². The van der Waals surface area contributed by atoms with Crippen molar-refractivity contribution in [1.29, 1.82) is 0 Å². The van der Waals surface area contributed by atoms with Crippen LogP contribution in [0.4, 0.5) is 0 Å². The quantitative estimate of drug-likeness (QED) is 0.700. The lowest BCUT2D eigenvalue weighted by molar-refractivity contribution is -0.0124. The Morgan fingerprint density at radius 1 is 1.43 bits per heavy atom. The Balaban J connectivity index is 2.76. The monoisotopic (exact) mass is 199 g/mol. The second-order valence-corrected chi connectivity index (χ2v) is 5.29. The van der Waals surface area contributed by atoms with Crippen molar-refractivity contribution in [1.82, 2.24) is 0 Å². The highest BCUT2D eigenvalue weighted by molar-refractivity contribution is 5.82. The molecule has 0 fully saturated rings. The molecule has 0 amide bonds. The maximum atomic E-state index is 9.69. The molecule has 1 heterocycles. The first-order chi connectivity index (χ1) is 6.32. The van der Waals surface area contributed by atoms with E-state index in [1.54, 1.807) is 0 Å². The topological polar surface area (TPSA) is 41.8 Å². The maximum absolute atomic E-state index is 9.69. The van der Waals surface area contributed by atoms with Gasteiger partial charge in [-0.2, -0.15) is 0 Å².